The molecule has 0 aromatic heterocycles. The molecule has 20 heavy (non-hydrogen) atoms. The largest absolute Gasteiger partial charge is 0.323 e. The number of hydrogen-bond acceptors (Lipinski definition) is 3. The van der Waals surface area contributed by atoms with E-state index in [1.807, 2.05) is 30.3 Å². The van der Waals surface area contributed by atoms with E-state index < -0.39 is 17.2 Å². The Bertz CT molecular complexity index is 548. The van der Waals surface area contributed by atoms with Crippen molar-refractivity contribution in [2.24, 2.45) is 0 Å². The van der Waals surface area contributed by atoms with Gasteiger partial charge in [0.15, 0.2) is 0 Å². The lowest BCUT2D eigenvalue weighted by Crippen LogP contribution is -2.59. The zero-order valence-electron chi connectivity index (χ0n) is 11.1. The Morgan fingerprint density at radius 2 is 1.65 bits per heavy atom. The molecular weight excluding hydrogens is 256 g/mol. The third kappa shape index (κ3) is 1.99. The second-order valence-electron chi connectivity index (χ2n) is 5.43. The number of benzene rings is 1. The van der Waals surface area contributed by atoms with Crippen molar-refractivity contribution in [3.05, 3.63) is 35.9 Å². The number of carbonyl (C=O) groups is 3. The van der Waals surface area contributed by atoms with Crippen molar-refractivity contribution in [1.82, 2.24) is 10.2 Å². The van der Waals surface area contributed by atoms with E-state index in [4.69, 9.17) is 0 Å². The summed E-state index contributed by atoms with van der Waals surface area (Å²) in [4.78, 5) is 37.0. The molecule has 0 bridgehead atoms. The molecule has 5 nitrogen and oxygen atoms in total. The van der Waals surface area contributed by atoms with Crippen molar-refractivity contribution in [2.45, 2.75) is 24.7 Å². The molecular formula is C15H16N2O3. The summed E-state index contributed by atoms with van der Waals surface area (Å²) < 4.78 is 0. The van der Waals surface area contributed by atoms with Crippen LogP contribution in [0, 0.1) is 0 Å². The topological polar surface area (TPSA) is 66.5 Å². The van der Waals surface area contributed by atoms with Gasteiger partial charge < -0.3 is 4.90 Å². The number of piperazine rings is 1. The number of rotatable bonds is 2. The molecule has 1 aliphatic heterocycles. The lowest BCUT2D eigenvalue weighted by molar-refractivity contribution is -0.150. The average Bonchev–Trinajstić information content (AvgIpc) is 2.37. The Kier molecular flexibility index (Phi) is 3.04. The van der Waals surface area contributed by atoms with Gasteiger partial charge in [0.05, 0.1) is 5.41 Å². The summed E-state index contributed by atoms with van der Waals surface area (Å²) in [6, 6.07) is 9.64. The molecule has 2 aliphatic rings. The fourth-order valence-electron chi connectivity index (χ4n) is 3.00. The van der Waals surface area contributed by atoms with Crippen LogP contribution in [0.4, 0.5) is 0 Å². The second-order valence-corrected chi connectivity index (χ2v) is 5.43. The highest BCUT2D eigenvalue weighted by molar-refractivity contribution is 6.04. The molecule has 3 rings (SSSR count). The van der Waals surface area contributed by atoms with E-state index in [1.165, 1.54) is 4.90 Å². The minimum atomic E-state index is -0.542. The molecule has 0 spiro atoms. The Morgan fingerprint density at radius 3 is 2.15 bits per heavy atom. The van der Waals surface area contributed by atoms with Crippen LogP contribution in [0.1, 0.15) is 24.8 Å². The van der Waals surface area contributed by atoms with Gasteiger partial charge in [-0.1, -0.05) is 36.8 Å². The van der Waals surface area contributed by atoms with Gasteiger partial charge in [-0.2, -0.15) is 0 Å². The summed E-state index contributed by atoms with van der Waals surface area (Å²) in [5.74, 6) is -0.910. The highest BCUT2D eigenvalue weighted by Gasteiger charge is 2.48. The Balaban J connectivity index is 1.88. The van der Waals surface area contributed by atoms with E-state index >= 15 is 0 Å². The first-order valence-electron chi connectivity index (χ1n) is 6.79. The van der Waals surface area contributed by atoms with Gasteiger partial charge in [0.2, 0.25) is 17.7 Å². The smallest absolute Gasteiger partial charge is 0.246 e. The van der Waals surface area contributed by atoms with Crippen LogP contribution < -0.4 is 5.32 Å². The van der Waals surface area contributed by atoms with Crippen LogP contribution in [0.25, 0.3) is 0 Å². The van der Waals surface area contributed by atoms with Crippen molar-refractivity contribution < 1.29 is 14.4 Å². The van der Waals surface area contributed by atoms with Crippen molar-refractivity contribution >= 4 is 17.7 Å². The lowest BCUT2D eigenvalue weighted by atomic mass is 9.63. The summed E-state index contributed by atoms with van der Waals surface area (Å²) in [5.41, 5.74) is 0.439. The maximum Gasteiger partial charge on any atom is 0.246 e. The number of amides is 3. The molecule has 104 valence electrons. The van der Waals surface area contributed by atoms with Gasteiger partial charge >= 0.3 is 0 Å². The third-order valence-electron chi connectivity index (χ3n) is 4.18. The van der Waals surface area contributed by atoms with Crippen LogP contribution in [0.15, 0.2) is 30.3 Å². The third-order valence-corrected chi connectivity index (χ3v) is 4.18. The maximum atomic E-state index is 12.8. The van der Waals surface area contributed by atoms with Crippen LogP contribution in [0.2, 0.25) is 0 Å². The van der Waals surface area contributed by atoms with Crippen LogP contribution in [0.5, 0.6) is 0 Å². The van der Waals surface area contributed by atoms with E-state index in [9.17, 15) is 14.4 Å². The van der Waals surface area contributed by atoms with Crippen LogP contribution in [-0.4, -0.2) is 35.7 Å². The van der Waals surface area contributed by atoms with Gasteiger partial charge in [0, 0.05) is 0 Å². The van der Waals surface area contributed by atoms with E-state index in [-0.39, 0.29) is 19.0 Å². The average molecular weight is 272 g/mol. The van der Waals surface area contributed by atoms with Crippen LogP contribution in [0.3, 0.4) is 0 Å². The molecule has 1 saturated heterocycles. The van der Waals surface area contributed by atoms with Crippen LogP contribution in [-0.2, 0) is 19.8 Å². The van der Waals surface area contributed by atoms with Gasteiger partial charge in [-0.3, -0.25) is 19.7 Å². The van der Waals surface area contributed by atoms with Gasteiger partial charge in [-0.15, -0.1) is 0 Å². The summed E-state index contributed by atoms with van der Waals surface area (Å²) in [6.45, 7) is -0.0572. The molecule has 1 heterocycles. The summed E-state index contributed by atoms with van der Waals surface area (Å²) in [5, 5.41) is 2.22. The molecule has 1 saturated carbocycles. The molecule has 1 aliphatic carbocycles. The minimum Gasteiger partial charge on any atom is -0.323 e. The number of carbonyl (C=O) groups excluding carboxylic acids is 3. The van der Waals surface area contributed by atoms with Crippen molar-refractivity contribution in [3.63, 3.8) is 0 Å². The monoisotopic (exact) mass is 272 g/mol. The molecule has 1 aromatic rings. The zero-order chi connectivity index (χ0) is 14.2. The number of hydrogen-bond donors (Lipinski definition) is 1. The van der Waals surface area contributed by atoms with E-state index in [1.54, 1.807) is 0 Å². The van der Waals surface area contributed by atoms with Gasteiger partial charge in [-0.05, 0) is 18.4 Å². The minimum absolute atomic E-state index is 0.0286. The molecule has 0 radical (unpaired) electrons. The van der Waals surface area contributed by atoms with Crippen molar-refractivity contribution in [1.29, 1.82) is 0 Å². The first kappa shape index (κ1) is 12.8. The lowest BCUT2D eigenvalue weighted by Gasteiger charge is -2.44. The predicted molar refractivity (Wildman–Crippen MR) is 71.7 cm³/mol. The highest BCUT2D eigenvalue weighted by atomic mass is 16.2. The zero-order valence-corrected chi connectivity index (χ0v) is 11.1. The molecule has 3 amide bonds. The van der Waals surface area contributed by atoms with E-state index in [0.717, 1.165) is 24.8 Å². The quantitative estimate of drug-likeness (QED) is 0.801. The normalized spacial score (nSPS) is 21.1. The molecule has 5 heteroatoms. The second kappa shape index (κ2) is 4.74. The number of nitrogens with one attached hydrogen (secondary N) is 1. The molecule has 0 atom stereocenters. The van der Waals surface area contributed by atoms with Crippen molar-refractivity contribution in [2.75, 3.05) is 13.1 Å². The fraction of sp³-hybridized carbons (Fsp3) is 0.400. The van der Waals surface area contributed by atoms with E-state index in [2.05, 4.69) is 5.32 Å². The molecule has 2 fully saturated rings. The fourth-order valence-corrected chi connectivity index (χ4v) is 3.00. The number of nitrogens with zero attached hydrogens (tertiary/aromatic N) is 1. The van der Waals surface area contributed by atoms with Crippen LogP contribution >= 0.6 is 0 Å². The standard InChI is InChI=1S/C15H16N2O3/c18-12-9-17(10-13(19)16-12)14(20)15(7-4-8-15)11-5-2-1-3-6-11/h1-3,5-6H,4,7-10H2,(H,16,18,19). The highest BCUT2D eigenvalue weighted by Crippen LogP contribution is 2.45. The maximum absolute atomic E-state index is 12.8. The predicted octanol–water partition coefficient (Wildman–Crippen LogP) is 0.593. The van der Waals surface area contributed by atoms with Crippen molar-refractivity contribution in [3.8, 4) is 0 Å². The number of imide groups is 1. The first-order valence-corrected chi connectivity index (χ1v) is 6.79. The molecule has 1 N–H and O–H groups in total. The van der Waals surface area contributed by atoms with Gasteiger partial charge in [0.1, 0.15) is 13.1 Å². The molecule has 0 unspecified atom stereocenters. The Labute approximate surface area is 116 Å². The summed E-state index contributed by atoms with van der Waals surface area (Å²) in [6.07, 6.45) is 2.55. The summed E-state index contributed by atoms with van der Waals surface area (Å²) in [7, 11) is 0. The molecule has 1 aromatic carbocycles. The Hall–Kier alpha value is -2.17. The van der Waals surface area contributed by atoms with E-state index in [0.29, 0.717) is 0 Å². The van der Waals surface area contributed by atoms with Gasteiger partial charge in [-0.25, -0.2) is 0 Å². The SMILES string of the molecule is O=C1CN(C(=O)C2(c3ccccc3)CCC2)CC(=O)N1. The van der Waals surface area contributed by atoms with Gasteiger partial charge in [0.25, 0.3) is 0 Å². The Morgan fingerprint density at radius 1 is 1.05 bits per heavy atom. The first-order chi connectivity index (χ1) is 9.62. The summed E-state index contributed by atoms with van der Waals surface area (Å²) >= 11 is 0.